The number of nitrogens with zero attached hydrogens (tertiary/aromatic N) is 1. The van der Waals surface area contributed by atoms with Crippen molar-refractivity contribution in [1.29, 1.82) is 0 Å². The van der Waals surface area contributed by atoms with Crippen LogP contribution in [0.4, 0.5) is 4.39 Å². The Hall–Kier alpha value is -2.17. The highest BCUT2D eigenvalue weighted by molar-refractivity contribution is 6.55. The average Bonchev–Trinajstić information content (AvgIpc) is 2.74. The molecule has 2 amide bonds. The summed E-state index contributed by atoms with van der Waals surface area (Å²) in [5.74, 6) is -1.67. The fourth-order valence-corrected chi connectivity index (χ4v) is 2.77. The van der Waals surface area contributed by atoms with Crippen LogP contribution >= 0.6 is 23.2 Å². The van der Waals surface area contributed by atoms with Gasteiger partial charge in [0.1, 0.15) is 10.8 Å². The van der Waals surface area contributed by atoms with Crippen molar-refractivity contribution < 1.29 is 14.0 Å². The molecule has 1 heterocycles. The summed E-state index contributed by atoms with van der Waals surface area (Å²) in [6.45, 7) is -0.169. The fraction of sp³-hybridized carbons (Fsp3) is 0.0588. The van der Waals surface area contributed by atoms with Crippen LogP contribution in [0.3, 0.4) is 0 Å². The van der Waals surface area contributed by atoms with Crippen LogP contribution in [0.15, 0.2) is 53.6 Å². The SMILES string of the molecule is O=C1C(Cl)=C(c2ccc(Cl)cc2)C(=O)N1Cc1ccccc1F. The van der Waals surface area contributed by atoms with Gasteiger partial charge in [0.25, 0.3) is 11.8 Å². The Morgan fingerprint density at radius 1 is 0.913 bits per heavy atom. The molecule has 0 spiro atoms. The number of amides is 2. The quantitative estimate of drug-likeness (QED) is 0.785. The minimum atomic E-state index is -0.634. The third-order valence-electron chi connectivity index (χ3n) is 3.53. The van der Waals surface area contributed by atoms with Crippen molar-refractivity contribution >= 4 is 40.6 Å². The van der Waals surface area contributed by atoms with Crippen LogP contribution in [-0.2, 0) is 16.1 Å². The Balaban J connectivity index is 1.93. The lowest BCUT2D eigenvalue weighted by Crippen LogP contribution is -2.31. The second kappa shape index (κ2) is 6.14. The van der Waals surface area contributed by atoms with Crippen LogP contribution in [-0.4, -0.2) is 16.7 Å². The smallest absolute Gasteiger partial charge is 0.269 e. The molecule has 116 valence electrons. The van der Waals surface area contributed by atoms with E-state index in [9.17, 15) is 14.0 Å². The normalized spacial score (nSPS) is 14.8. The van der Waals surface area contributed by atoms with Crippen LogP contribution in [0.5, 0.6) is 0 Å². The maximum absolute atomic E-state index is 13.7. The summed E-state index contributed by atoms with van der Waals surface area (Å²) in [5.41, 5.74) is 0.842. The zero-order chi connectivity index (χ0) is 16.6. The topological polar surface area (TPSA) is 37.4 Å². The van der Waals surface area contributed by atoms with Gasteiger partial charge in [0, 0.05) is 10.6 Å². The van der Waals surface area contributed by atoms with Crippen LogP contribution in [0, 0.1) is 5.82 Å². The Morgan fingerprint density at radius 2 is 1.57 bits per heavy atom. The van der Waals surface area contributed by atoms with Gasteiger partial charge in [-0.2, -0.15) is 0 Å². The number of halogens is 3. The molecular weight excluding hydrogens is 340 g/mol. The molecule has 0 N–H and O–H groups in total. The Kier molecular flexibility index (Phi) is 4.20. The second-order valence-corrected chi connectivity index (χ2v) is 5.80. The number of imide groups is 1. The highest BCUT2D eigenvalue weighted by Crippen LogP contribution is 2.33. The monoisotopic (exact) mass is 349 g/mol. The minimum Gasteiger partial charge on any atom is -0.269 e. The molecule has 0 aromatic heterocycles. The maximum Gasteiger partial charge on any atom is 0.273 e. The molecule has 1 aliphatic heterocycles. The van der Waals surface area contributed by atoms with Crippen LogP contribution in [0.25, 0.3) is 5.57 Å². The molecule has 0 atom stereocenters. The zero-order valence-corrected chi connectivity index (χ0v) is 13.2. The van der Waals surface area contributed by atoms with Gasteiger partial charge >= 0.3 is 0 Å². The lowest BCUT2D eigenvalue weighted by atomic mass is 10.1. The molecule has 0 saturated heterocycles. The number of hydrogen-bond acceptors (Lipinski definition) is 2. The second-order valence-electron chi connectivity index (χ2n) is 4.98. The Morgan fingerprint density at radius 3 is 2.22 bits per heavy atom. The molecule has 1 aliphatic rings. The van der Waals surface area contributed by atoms with Gasteiger partial charge in [-0.05, 0) is 23.8 Å². The van der Waals surface area contributed by atoms with Crippen molar-refractivity contribution in [1.82, 2.24) is 4.90 Å². The molecule has 0 aliphatic carbocycles. The van der Waals surface area contributed by atoms with E-state index in [0.29, 0.717) is 10.6 Å². The number of benzene rings is 2. The van der Waals surface area contributed by atoms with Crippen LogP contribution < -0.4 is 0 Å². The summed E-state index contributed by atoms with van der Waals surface area (Å²) in [6.07, 6.45) is 0. The van der Waals surface area contributed by atoms with Gasteiger partial charge in [0.15, 0.2) is 0 Å². The molecule has 0 bridgehead atoms. The Labute approximate surface area is 141 Å². The fourth-order valence-electron chi connectivity index (χ4n) is 2.35. The first-order chi connectivity index (χ1) is 11.0. The van der Waals surface area contributed by atoms with Gasteiger partial charge < -0.3 is 0 Å². The number of carbonyl (C=O) groups excluding carboxylic acids is 2. The van der Waals surface area contributed by atoms with Crippen molar-refractivity contribution in [2.75, 3.05) is 0 Å². The lowest BCUT2D eigenvalue weighted by Gasteiger charge is -2.15. The molecule has 3 nitrogen and oxygen atoms in total. The van der Waals surface area contributed by atoms with Crippen molar-refractivity contribution in [2.45, 2.75) is 6.54 Å². The minimum absolute atomic E-state index is 0.102. The number of hydrogen-bond donors (Lipinski definition) is 0. The van der Waals surface area contributed by atoms with Crippen molar-refractivity contribution in [2.24, 2.45) is 0 Å². The highest BCUT2D eigenvalue weighted by atomic mass is 35.5. The van der Waals surface area contributed by atoms with Gasteiger partial charge in [-0.25, -0.2) is 4.39 Å². The van der Waals surface area contributed by atoms with Crippen molar-refractivity contribution in [3.05, 3.63) is 75.5 Å². The summed E-state index contributed by atoms with van der Waals surface area (Å²) in [7, 11) is 0. The summed E-state index contributed by atoms with van der Waals surface area (Å²) in [4.78, 5) is 25.7. The first-order valence-electron chi connectivity index (χ1n) is 6.74. The van der Waals surface area contributed by atoms with Gasteiger partial charge in [0.05, 0.1) is 12.1 Å². The molecule has 0 fully saturated rings. The van der Waals surface area contributed by atoms with Gasteiger partial charge in [0.2, 0.25) is 0 Å². The average molecular weight is 350 g/mol. The van der Waals surface area contributed by atoms with E-state index in [1.54, 1.807) is 30.3 Å². The largest absolute Gasteiger partial charge is 0.273 e. The summed E-state index contributed by atoms with van der Waals surface area (Å²) < 4.78 is 13.7. The van der Waals surface area contributed by atoms with E-state index < -0.39 is 17.6 Å². The molecule has 0 saturated carbocycles. The van der Waals surface area contributed by atoms with Gasteiger partial charge in [-0.1, -0.05) is 53.5 Å². The third-order valence-corrected chi connectivity index (χ3v) is 4.13. The van der Waals surface area contributed by atoms with Gasteiger partial charge in [-0.3, -0.25) is 14.5 Å². The molecule has 0 unspecified atom stereocenters. The van der Waals surface area contributed by atoms with E-state index in [1.165, 1.54) is 18.2 Å². The van der Waals surface area contributed by atoms with E-state index in [4.69, 9.17) is 23.2 Å². The zero-order valence-electron chi connectivity index (χ0n) is 11.7. The van der Waals surface area contributed by atoms with E-state index in [-0.39, 0.29) is 22.7 Å². The van der Waals surface area contributed by atoms with E-state index in [2.05, 4.69) is 0 Å². The van der Waals surface area contributed by atoms with Crippen LogP contribution in [0.2, 0.25) is 5.02 Å². The third kappa shape index (κ3) is 2.87. The first kappa shape index (κ1) is 15.7. The Bertz CT molecular complexity index is 831. The maximum atomic E-state index is 13.7. The lowest BCUT2D eigenvalue weighted by molar-refractivity contribution is -0.137. The summed E-state index contributed by atoms with van der Waals surface area (Å²) in [5, 5.41) is 0.333. The molecular formula is C17H10Cl2FNO2. The van der Waals surface area contributed by atoms with E-state index in [1.807, 2.05) is 0 Å². The highest BCUT2D eigenvalue weighted by Gasteiger charge is 2.38. The molecule has 23 heavy (non-hydrogen) atoms. The van der Waals surface area contributed by atoms with E-state index >= 15 is 0 Å². The van der Waals surface area contributed by atoms with Crippen molar-refractivity contribution in [3.63, 3.8) is 0 Å². The van der Waals surface area contributed by atoms with Gasteiger partial charge in [-0.15, -0.1) is 0 Å². The molecule has 6 heteroatoms. The number of carbonyl (C=O) groups is 2. The summed E-state index contributed by atoms with van der Waals surface area (Å²) >= 11 is 11.9. The summed E-state index contributed by atoms with van der Waals surface area (Å²) in [6, 6.07) is 12.4. The first-order valence-corrected chi connectivity index (χ1v) is 7.50. The molecule has 2 aromatic carbocycles. The van der Waals surface area contributed by atoms with Crippen molar-refractivity contribution in [3.8, 4) is 0 Å². The predicted molar refractivity (Wildman–Crippen MR) is 86.2 cm³/mol. The number of rotatable bonds is 3. The van der Waals surface area contributed by atoms with E-state index in [0.717, 1.165) is 4.90 Å². The molecule has 2 aromatic rings. The molecule has 3 rings (SSSR count). The molecule has 0 radical (unpaired) electrons. The predicted octanol–water partition coefficient (Wildman–Crippen LogP) is 4.00. The standard InChI is InChI=1S/C17H10Cl2FNO2/c18-12-7-5-10(6-8-12)14-15(19)17(23)21(16(14)22)9-11-3-1-2-4-13(11)20/h1-8H,9H2. The van der Waals surface area contributed by atoms with Crippen LogP contribution in [0.1, 0.15) is 11.1 Å².